The van der Waals surface area contributed by atoms with Crippen molar-refractivity contribution in [2.24, 2.45) is 0 Å². The van der Waals surface area contributed by atoms with Crippen LogP contribution in [-0.4, -0.2) is 12.6 Å². The van der Waals surface area contributed by atoms with Gasteiger partial charge in [0.2, 0.25) is 0 Å². The van der Waals surface area contributed by atoms with Gasteiger partial charge in [0.25, 0.3) is 0 Å². The van der Waals surface area contributed by atoms with Crippen molar-refractivity contribution in [1.29, 1.82) is 0 Å². The maximum absolute atomic E-state index is 12.0. The van der Waals surface area contributed by atoms with Gasteiger partial charge in [-0.2, -0.15) is 0 Å². The number of ether oxygens (including phenoxy) is 1. The van der Waals surface area contributed by atoms with E-state index in [1.54, 1.807) is 0 Å². The third-order valence-corrected chi connectivity index (χ3v) is 3.56. The molecule has 0 aliphatic rings. The molecule has 0 aliphatic carbocycles. The van der Waals surface area contributed by atoms with Crippen LogP contribution in [0.2, 0.25) is 0 Å². The maximum atomic E-state index is 12.0. The van der Waals surface area contributed by atoms with E-state index >= 15 is 0 Å². The van der Waals surface area contributed by atoms with Gasteiger partial charge in [0.15, 0.2) is 0 Å². The smallest absolute Gasteiger partial charge is 0.344 e. The van der Waals surface area contributed by atoms with Gasteiger partial charge in [-0.15, -0.1) is 0 Å². The van der Waals surface area contributed by atoms with Crippen molar-refractivity contribution >= 4 is 23.8 Å². The van der Waals surface area contributed by atoms with E-state index in [9.17, 15) is 4.79 Å². The number of benzene rings is 2. The SMILES string of the molecule is CCOC(=O)C(=Cc1ccccc1)Sc1ccccc1. The highest BCUT2D eigenvalue weighted by Gasteiger charge is 2.12. The Morgan fingerprint density at radius 2 is 1.65 bits per heavy atom. The van der Waals surface area contributed by atoms with Crippen molar-refractivity contribution in [3.63, 3.8) is 0 Å². The Morgan fingerprint density at radius 1 is 1.05 bits per heavy atom. The van der Waals surface area contributed by atoms with Gasteiger partial charge in [0.05, 0.1) is 11.5 Å². The molecule has 0 spiro atoms. The summed E-state index contributed by atoms with van der Waals surface area (Å²) in [6.07, 6.45) is 1.86. The van der Waals surface area contributed by atoms with Crippen LogP contribution in [0.25, 0.3) is 6.08 Å². The Balaban J connectivity index is 2.25. The second-order valence-corrected chi connectivity index (χ2v) is 5.17. The highest BCUT2D eigenvalue weighted by atomic mass is 32.2. The topological polar surface area (TPSA) is 26.3 Å². The van der Waals surface area contributed by atoms with Gasteiger partial charge in [0, 0.05) is 4.90 Å². The summed E-state index contributed by atoms with van der Waals surface area (Å²) >= 11 is 1.42. The van der Waals surface area contributed by atoms with Crippen LogP contribution in [0.5, 0.6) is 0 Å². The molecule has 2 aromatic carbocycles. The van der Waals surface area contributed by atoms with E-state index in [0.29, 0.717) is 11.5 Å². The van der Waals surface area contributed by atoms with Crippen molar-refractivity contribution in [3.05, 3.63) is 71.1 Å². The first-order chi connectivity index (χ1) is 9.79. The number of esters is 1. The highest BCUT2D eigenvalue weighted by Crippen LogP contribution is 2.29. The second kappa shape index (κ2) is 7.56. The van der Waals surface area contributed by atoms with Crippen molar-refractivity contribution in [1.82, 2.24) is 0 Å². The number of carbonyl (C=O) groups excluding carboxylic acids is 1. The zero-order chi connectivity index (χ0) is 14.2. The summed E-state index contributed by atoms with van der Waals surface area (Å²) in [5.41, 5.74) is 0.985. The molecule has 2 aromatic rings. The minimum atomic E-state index is -0.287. The summed E-state index contributed by atoms with van der Waals surface area (Å²) in [4.78, 5) is 13.6. The van der Waals surface area contributed by atoms with E-state index in [2.05, 4.69) is 0 Å². The molecule has 0 unspecified atom stereocenters. The van der Waals surface area contributed by atoms with Gasteiger partial charge in [-0.1, -0.05) is 60.3 Å². The standard InChI is InChI=1S/C17H16O2S/c1-2-19-17(18)16(13-14-9-5-3-6-10-14)20-15-11-7-4-8-12-15/h3-13H,2H2,1H3. The number of hydrogen-bond donors (Lipinski definition) is 0. The predicted octanol–water partition coefficient (Wildman–Crippen LogP) is 4.38. The van der Waals surface area contributed by atoms with Crippen LogP contribution in [0.1, 0.15) is 12.5 Å². The van der Waals surface area contributed by atoms with Crippen LogP contribution in [0.15, 0.2) is 70.5 Å². The number of rotatable bonds is 5. The van der Waals surface area contributed by atoms with Crippen LogP contribution in [0, 0.1) is 0 Å². The lowest BCUT2D eigenvalue weighted by atomic mass is 10.2. The molecule has 0 saturated carbocycles. The maximum Gasteiger partial charge on any atom is 0.344 e. The summed E-state index contributed by atoms with van der Waals surface area (Å²) in [5, 5.41) is 0. The Labute approximate surface area is 123 Å². The molecule has 0 aliphatic heterocycles. The Bertz CT molecular complexity index is 576. The fraction of sp³-hybridized carbons (Fsp3) is 0.118. The van der Waals surface area contributed by atoms with E-state index in [4.69, 9.17) is 4.74 Å². The summed E-state index contributed by atoms with van der Waals surface area (Å²) in [6, 6.07) is 19.6. The lowest BCUT2D eigenvalue weighted by molar-refractivity contribution is -0.137. The van der Waals surface area contributed by atoms with E-state index in [0.717, 1.165) is 10.5 Å². The molecule has 0 saturated heterocycles. The minimum absolute atomic E-state index is 0.287. The lowest BCUT2D eigenvalue weighted by Crippen LogP contribution is -2.05. The largest absolute Gasteiger partial charge is 0.462 e. The Hall–Kier alpha value is -2.00. The van der Waals surface area contributed by atoms with Crippen LogP contribution < -0.4 is 0 Å². The van der Waals surface area contributed by atoms with E-state index in [1.807, 2.05) is 73.7 Å². The van der Waals surface area contributed by atoms with Gasteiger partial charge in [-0.05, 0) is 30.7 Å². The number of hydrogen-bond acceptors (Lipinski definition) is 3. The molecule has 2 rings (SSSR count). The molecule has 0 fully saturated rings. The first-order valence-corrected chi connectivity index (χ1v) is 7.28. The Morgan fingerprint density at radius 3 is 2.25 bits per heavy atom. The normalized spacial score (nSPS) is 11.2. The molecule has 102 valence electrons. The van der Waals surface area contributed by atoms with Crippen molar-refractivity contribution < 1.29 is 9.53 Å². The van der Waals surface area contributed by atoms with Gasteiger partial charge in [0.1, 0.15) is 0 Å². The molecule has 0 heterocycles. The molecule has 0 aromatic heterocycles. The predicted molar refractivity (Wildman–Crippen MR) is 83.4 cm³/mol. The number of thioether (sulfide) groups is 1. The average molecular weight is 284 g/mol. The minimum Gasteiger partial charge on any atom is -0.462 e. The lowest BCUT2D eigenvalue weighted by Gasteiger charge is -2.07. The van der Waals surface area contributed by atoms with Crippen LogP contribution in [-0.2, 0) is 9.53 Å². The van der Waals surface area contributed by atoms with Crippen molar-refractivity contribution in [2.45, 2.75) is 11.8 Å². The first-order valence-electron chi connectivity index (χ1n) is 6.46. The van der Waals surface area contributed by atoms with Crippen LogP contribution in [0.4, 0.5) is 0 Å². The molecule has 0 bridgehead atoms. The summed E-state index contributed by atoms with van der Waals surface area (Å²) in [7, 11) is 0. The molecule has 0 atom stereocenters. The molecule has 2 nitrogen and oxygen atoms in total. The molecule has 0 amide bonds. The van der Waals surface area contributed by atoms with Gasteiger partial charge in [-0.3, -0.25) is 0 Å². The van der Waals surface area contributed by atoms with Crippen molar-refractivity contribution in [3.8, 4) is 0 Å². The summed E-state index contributed by atoms with van der Waals surface area (Å²) in [5.74, 6) is -0.287. The summed E-state index contributed by atoms with van der Waals surface area (Å²) in [6.45, 7) is 2.19. The second-order valence-electron chi connectivity index (χ2n) is 4.05. The first kappa shape index (κ1) is 14.4. The van der Waals surface area contributed by atoms with Crippen molar-refractivity contribution in [2.75, 3.05) is 6.61 Å². The van der Waals surface area contributed by atoms with E-state index in [1.165, 1.54) is 11.8 Å². The Kier molecular flexibility index (Phi) is 5.44. The molecule has 0 N–H and O–H groups in total. The van der Waals surface area contributed by atoms with Crippen LogP contribution in [0.3, 0.4) is 0 Å². The molecule has 0 radical (unpaired) electrons. The van der Waals surface area contributed by atoms with E-state index in [-0.39, 0.29) is 5.97 Å². The van der Waals surface area contributed by atoms with E-state index < -0.39 is 0 Å². The van der Waals surface area contributed by atoms with Gasteiger partial charge < -0.3 is 4.74 Å². The quantitative estimate of drug-likeness (QED) is 0.463. The third kappa shape index (κ3) is 4.28. The van der Waals surface area contributed by atoms with Crippen LogP contribution >= 0.6 is 11.8 Å². The molecular formula is C17H16O2S. The fourth-order valence-corrected chi connectivity index (χ4v) is 2.53. The average Bonchev–Trinajstić information content (AvgIpc) is 2.49. The van der Waals surface area contributed by atoms with Gasteiger partial charge >= 0.3 is 5.97 Å². The summed E-state index contributed by atoms with van der Waals surface area (Å²) < 4.78 is 5.12. The fourth-order valence-electron chi connectivity index (χ4n) is 1.65. The zero-order valence-electron chi connectivity index (χ0n) is 11.3. The van der Waals surface area contributed by atoms with Gasteiger partial charge in [-0.25, -0.2) is 4.79 Å². The monoisotopic (exact) mass is 284 g/mol. The number of carbonyl (C=O) groups is 1. The molecular weight excluding hydrogens is 268 g/mol. The zero-order valence-corrected chi connectivity index (χ0v) is 12.1. The third-order valence-electron chi connectivity index (χ3n) is 2.54. The highest BCUT2D eigenvalue weighted by molar-refractivity contribution is 8.04. The molecule has 3 heteroatoms. The molecule has 20 heavy (non-hydrogen) atoms.